The molecule has 0 amide bonds. The number of nitrogens with zero attached hydrogens (tertiary/aromatic N) is 3. The van der Waals surface area contributed by atoms with Crippen LogP contribution in [0.1, 0.15) is 13.8 Å². The molecule has 0 atom stereocenters. The number of halogens is 1. The van der Waals surface area contributed by atoms with Gasteiger partial charge in [0.25, 0.3) is 0 Å². The van der Waals surface area contributed by atoms with Crippen LogP contribution in [-0.4, -0.2) is 34.3 Å². The van der Waals surface area contributed by atoms with Crippen molar-refractivity contribution in [3.63, 3.8) is 0 Å². The van der Waals surface area contributed by atoms with Gasteiger partial charge in [0.1, 0.15) is 17.3 Å². The number of benzene rings is 2. The van der Waals surface area contributed by atoms with E-state index < -0.39 is 6.16 Å². The van der Waals surface area contributed by atoms with Crippen molar-refractivity contribution in [3.05, 3.63) is 48.3 Å². The van der Waals surface area contributed by atoms with Gasteiger partial charge in [0.05, 0.1) is 15.9 Å². The highest BCUT2D eigenvalue weighted by Gasteiger charge is 2.19. The maximum absolute atomic E-state index is 13.6. The summed E-state index contributed by atoms with van der Waals surface area (Å²) in [5, 5.41) is 9.66. The molecular formula is C21H18FN3O3S. The number of rotatable bonds is 4. The zero-order chi connectivity index (χ0) is 20.7. The molecule has 0 aliphatic heterocycles. The van der Waals surface area contributed by atoms with Crippen molar-refractivity contribution in [3.8, 4) is 16.3 Å². The highest BCUT2D eigenvalue weighted by atomic mass is 32.1. The van der Waals surface area contributed by atoms with Crippen LogP contribution in [0, 0.1) is 5.82 Å². The third kappa shape index (κ3) is 3.71. The minimum Gasteiger partial charge on any atom is -0.449 e. The standard InChI is InChI=1S/C21H18FN3O3S/c1-11(2)25(3)20-19(18-9-12-8-13(22)4-7-17(12)29-18)23-15-6-5-14(28-21(26)27)10-16(15)24-20/h4-11H,1-3H3,(H,26,27). The third-order valence-corrected chi connectivity index (χ3v) is 5.77. The molecular weight excluding hydrogens is 393 g/mol. The highest BCUT2D eigenvalue weighted by molar-refractivity contribution is 7.22. The first-order valence-electron chi connectivity index (χ1n) is 8.96. The van der Waals surface area contributed by atoms with E-state index in [9.17, 15) is 9.18 Å². The van der Waals surface area contributed by atoms with E-state index in [1.807, 2.05) is 31.9 Å². The second-order valence-electron chi connectivity index (χ2n) is 6.91. The topological polar surface area (TPSA) is 75.6 Å². The van der Waals surface area contributed by atoms with Crippen LogP contribution in [0.25, 0.3) is 31.7 Å². The van der Waals surface area contributed by atoms with Gasteiger partial charge in [-0.05, 0) is 55.6 Å². The summed E-state index contributed by atoms with van der Waals surface area (Å²) in [6, 6.07) is 11.6. The molecule has 1 N–H and O–H groups in total. The van der Waals surface area contributed by atoms with Gasteiger partial charge in [-0.3, -0.25) is 0 Å². The lowest BCUT2D eigenvalue weighted by Gasteiger charge is -2.24. The molecule has 0 bridgehead atoms. The van der Waals surface area contributed by atoms with Crippen molar-refractivity contribution in [2.75, 3.05) is 11.9 Å². The number of thiophene rings is 1. The largest absolute Gasteiger partial charge is 0.511 e. The smallest absolute Gasteiger partial charge is 0.449 e. The zero-order valence-electron chi connectivity index (χ0n) is 16.0. The van der Waals surface area contributed by atoms with Crippen molar-refractivity contribution in [2.24, 2.45) is 0 Å². The summed E-state index contributed by atoms with van der Waals surface area (Å²) in [6.07, 6.45) is -1.38. The van der Waals surface area contributed by atoms with E-state index in [2.05, 4.69) is 0 Å². The van der Waals surface area contributed by atoms with Crippen LogP contribution in [0.5, 0.6) is 5.75 Å². The monoisotopic (exact) mass is 411 g/mol. The fourth-order valence-corrected chi connectivity index (χ4v) is 4.00. The quantitative estimate of drug-likeness (QED) is 0.350. The average molecular weight is 411 g/mol. The number of aromatic nitrogens is 2. The van der Waals surface area contributed by atoms with Crippen molar-refractivity contribution in [1.82, 2.24) is 9.97 Å². The van der Waals surface area contributed by atoms with Crippen LogP contribution < -0.4 is 9.64 Å². The van der Waals surface area contributed by atoms with Crippen LogP contribution in [0.4, 0.5) is 15.0 Å². The lowest BCUT2D eigenvalue weighted by atomic mass is 10.2. The molecule has 0 saturated carbocycles. The Morgan fingerprint density at radius 3 is 2.66 bits per heavy atom. The van der Waals surface area contributed by atoms with Gasteiger partial charge in [-0.25, -0.2) is 19.2 Å². The maximum atomic E-state index is 13.6. The summed E-state index contributed by atoms with van der Waals surface area (Å²) in [6.45, 7) is 4.08. The molecule has 0 spiro atoms. The zero-order valence-corrected chi connectivity index (χ0v) is 16.8. The van der Waals surface area contributed by atoms with Gasteiger partial charge < -0.3 is 14.7 Å². The fourth-order valence-electron chi connectivity index (χ4n) is 2.98. The highest BCUT2D eigenvalue weighted by Crippen LogP contribution is 2.38. The first kappa shape index (κ1) is 19.1. The second kappa shape index (κ2) is 7.29. The van der Waals surface area contributed by atoms with Crippen LogP contribution >= 0.6 is 11.3 Å². The van der Waals surface area contributed by atoms with E-state index in [-0.39, 0.29) is 17.6 Å². The minimum absolute atomic E-state index is 0.158. The lowest BCUT2D eigenvalue weighted by Crippen LogP contribution is -2.27. The van der Waals surface area contributed by atoms with Gasteiger partial charge in [-0.2, -0.15) is 0 Å². The summed E-state index contributed by atoms with van der Waals surface area (Å²) >= 11 is 1.52. The van der Waals surface area contributed by atoms with Gasteiger partial charge in [-0.15, -0.1) is 11.3 Å². The molecule has 0 aliphatic carbocycles. The molecule has 29 heavy (non-hydrogen) atoms. The molecule has 148 valence electrons. The third-order valence-electron chi connectivity index (χ3n) is 4.64. The molecule has 4 rings (SSSR count). The molecule has 0 aliphatic rings. The predicted octanol–water partition coefficient (Wildman–Crippen LogP) is 5.55. The molecule has 0 unspecified atom stereocenters. The number of anilines is 1. The summed E-state index contributed by atoms with van der Waals surface area (Å²) in [7, 11) is 1.93. The molecule has 0 saturated heterocycles. The van der Waals surface area contributed by atoms with Gasteiger partial charge in [-0.1, -0.05) is 0 Å². The number of carbonyl (C=O) groups is 1. The second-order valence-corrected chi connectivity index (χ2v) is 8.00. The van der Waals surface area contributed by atoms with E-state index in [1.54, 1.807) is 24.3 Å². The molecule has 0 fully saturated rings. The molecule has 4 aromatic rings. The SMILES string of the molecule is CC(C)N(C)c1nc2cc(OC(=O)O)ccc2nc1-c1cc2cc(F)ccc2s1. The van der Waals surface area contributed by atoms with Crippen LogP contribution in [-0.2, 0) is 0 Å². The van der Waals surface area contributed by atoms with Crippen molar-refractivity contribution < 1.29 is 19.0 Å². The molecule has 6 nitrogen and oxygen atoms in total. The lowest BCUT2D eigenvalue weighted by molar-refractivity contribution is 0.144. The summed E-state index contributed by atoms with van der Waals surface area (Å²) < 4.78 is 19.3. The van der Waals surface area contributed by atoms with Crippen LogP contribution in [0.3, 0.4) is 0 Å². The number of hydrogen-bond donors (Lipinski definition) is 1. The Morgan fingerprint density at radius 2 is 1.93 bits per heavy atom. The first-order chi connectivity index (χ1) is 13.8. The van der Waals surface area contributed by atoms with Crippen LogP contribution in [0.15, 0.2) is 42.5 Å². The molecule has 0 radical (unpaired) electrons. The molecule has 2 aromatic carbocycles. The van der Waals surface area contributed by atoms with E-state index >= 15 is 0 Å². The summed E-state index contributed by atoms with van der Waals surface area (Å²) in [5.41, 5.74) is 1.84. The Balaban J connectivity index is 1.92. The van der Waals surface area contributed by atoms with Gasteiger partial charge in [0.2, 0.25) is 0 Å². The Morgan fingerprint density at radius 1 is 1.14 bits per heavy atom. The van der Waals surface area contributed by atoms with Crippen LogP contribution in [0.2, 0.25) is 0 Å². The van der Waals surface area contributed by atoms with Crippen molar-refractivity contribution >= 4 is 44.4 Å². The number of carboxylic acid groups (broad SMARTS) is 1. The van der Waals surface area contributed by atoms with E-state index in [0.29, 0.717) is 22.5 Å². The van der Waals surface area contributed by atoms with Crippen molar-refractivity contribution in [1.29, 1.82) is 0 Å². The van der Waals surface area contributed by atoms with Gasteiger partial charge in [0, 0.05) is 23.9 Å². The summed E-state index contributed by atoms with van der Waals surface area (Å²) in [5.74, 6) is 0.562. The van der Waals surface area contributed by atoms with E-state index in [1.165, 1.54) is 23.5 Å². The Bertz CT molecular complexity index is 1240. The number of hydrogen-bond acceptors (Lipinski definition) is 6. The molecule has 2 heterocycles. The number of ether oxygens (including phenoxy) is 1. The Labute approximate surface area is 170 Å². The minimum atomic E-state index is -1.38. The van der Waals surface area contributed by atoms with Gasteiger partial charge in [0.15, 0.2) is 5.82 Å². The van der Waals surface area contributed by atoms with Crippen molar-refractivity contribution in [2.45, 2.75) is 19.9 Å². The maximum Gasteiger partial charge on any atom is 0.511 e. The predicted molar refractivity (Wildman–Crippen MR) is 113 cm³/mol. The van der Waals surface area contributed by atoms with Gasteiger partial charge >= 0.3 is 6.16 Å². The van der Waals surface area contributed by atoms with E-state index in [4.69, 9.17) is 19.8 Å². The normalized spacial score (nSPS) is 11.3. The Kier molecular flexibility index (Phi) is 4.79. The molecule has 8 heteroatoms. The van der Waals surface area contributed by atoms with E-state index in [0.717, 1.165) is 15.0 Å². The Hall–Kier alpha value is -3.26. The first-order valence-corrected chi connectivity index (χ1v) is 9.78. The summed E-state index contributed by atoms with van der Waals surface area (Å²) in [4.78, 5) is 23.3. The fraction of sp³-hybridized carbons (Fsp3) is 0.190. The molecule has 2 aromatic heterocycles. The number of fused-ring (bicyclic) bond motifs is 2. The average Bonchev–Trinajstić information content (AvgIpc) is 3.08.